The first-order valence-electron chi connectivity index (χ1n) is 9.80. The molecule has 0 saturated carbocycles. The van der Waals surface area contributed by atoms with Crippen molar-refractivity contribution in [3.63, 3.8) is 0 Å². The van der Waals surface area contributed by atoms with Crippen molar-refractivity contribution in [2.45, 2.75) is 39.8 Å². The van der Waals surface area contributed by atoms with E-state index < -0.39 is 0 Å². The van der Waals surface area contributed by atoms with Crippen molar-refractivity contribution in [1.82, 2.24) is 14.5 Å². The van der Waals surface area contributed by atoms with E-state index in [0.717, 1.165) is 11.1 Å². The molecule has 1 heterocycles. The highest BCUT2D eigenvalue weighted by Gasteiger charge is 2.19. The second kappa shape index (κ2) is 8.55. The number of fused-ring (bicyclic) bond motifs is 1. The molecule has 29 heavy (non-hydrogen) atoms. The summed E-state index contributed by atoms with van der Waals surface area (Å²) in [6.07, 6.45) is 2.27. The third-order valence-corrected chi connectivity index (χ3v) is 5.33. The molecular weight excluding hydrogens is 367 g/mol. The number of rotatable bonds is 7. The Kier molecular flexibility index (Phi) is 6.11. The van der Waals surface area contributed by atoms with Crippen LogP contribution in [0.25, 0.3) is 11.0 Å². The Labute approximate surface area is 170 Å². The average Bonchev–Trinajstić information content (AvgIpc) is 3.08. The van der Waals surface area contributed by atoms with Gasteiger partial charge in [-0.1, -0.05) is 26.0 Å². The van der Waals surface area contributed by atoms with Gasteiger partial charge in [0.1, 0.15) is 5.82 Å². The number of halogens is 1. The highest BCUT2D eigenvalue weighted by atomic mass is 19.1. The lowest BCUT2D eigenvalue weighted by Crippen LogP contribution is -2.37. The van der Waals surface area contributed by atoms with Gasteiger partial charge >= 0.3 is 0 Å². The van der Waals surface area contributed by atoms with Crippen molar-refractivity contribution in [3.8, 4) is 0 Å². The summed E-state index contributed by atoms with van der Waals surface area (Å²) in [5, 5.41) is 8.04. The van der Waals surface area contributed by atoms with Gasteiger partial charge in [0.25, 0.3) is 5.91 Å². The normalized spacial score (nSPS) is 12.3. The second-order valence-corrected chi connectivity index (χ2v) is 7.85. The molecule has 0 radical (unpaired) electrons. The van der Waals surface area contributed by atoms with Crippen LogP contribution in [0.1, 0.15) is 43.1 Å². The third-order valence-electron chi connectivity index (χ3n) is 5.33. The lowest BCUT2D eigenvalue weighted by Gasteiger charge is -2.26. The van der Waals surface area contributed by atoms with Gasteiger partial charge in [0, 0.05) is 43.4 Å². The number of amides is 1. The number of aromatic nitrogens is 2. The Hall–Kier alpha value is -3.02. The molecule has 0 aliphatic heterocycles. The molecule has 1 atom stereocenters. The fourth-order valence-corrected chi connectivity index (χ4v) is 3.21. The van der Waals surface area contributed by atoms with Gasteiger partial charge in [0.2, 0.25) is 0 Å². The Morgan fingerprint density at radius 1 is 1.17 bits per heavy atom. The van der Waals surface area contributed by atoms with Gasteiger partial charge in [0.15, 0.2) is 0 Å². The highest BCUT2D eigenvalue weighted by molar-refractivity contribution is 5.94. The number of carbonyl (C=O) groups is 1. The molecular formula is C23H27FN4O. The summed E-state index contributed by atoms with van der Waals surface area (Å²) in [6, 6.07) is 12.0. The molecule has 0 aliphatic carbocycles. The van der Waals surface area contributed by atoms with Gasteiger partial charge < -0.3 is 14.9 Å². The van der Waals surface area contributed by atoms with Crippen LogP contribution in [-0.4, -0.2) is 39.2 Å². The summed E-state index contributed by atoms with van der Waals surface area (Å²) in [5.41, 5.74) is 3.80. The molecule has 0 spiro atoms. The van der Waals surface area contributed by atoms with Crippen molar-refractivity contribution >= 4 is 22.7 Å². The summed E-state index contributed by atoms with van der Waals surface area (Å²) in [6.45, 7) is 6.55. The predicted octanol–water partition coefficient (Wildman–Crippen LogP) is 4.75. The molecule has 5 nitrogen and oxygen atoms in total. The van der Waals surface area contributed by atoms with E-state index in [9.17, 15) is 9.18 Å². The molecule has 6 heteroatoms. The van der Waals surface area contributed by atoms with E-state index in [1.807, 2.05) is 49.6 Å². The first-order valence-corrected chi connectivity index (χ1v) is 9.80. The predicted molar refractivity (Wildman–Crippen MR) is 114 cm³/mol. The highest BCUT2D eigenvalue weighted by Crippen LogP contribution is 2.17. The van der Waals surface area contributed by atoms with Crippen LogP contribution in [0.5, 0.6) is 0 Å². The SMILES string of the molecule is CC(C)C(=N)C[C@@H](C)N(C)C(=O)c1ccc(Cn2cnc3cc(F)ccc32)cc1. The van der Waals surface area contributed by atoms with Crippen molar-refractivity contribution in [1.29, 1.82) is 5.41 Å². The van der Waals surface area contributed by atoms with E-state index in [0.29, 0.717) is 29.8 Å². The van der Waals surface area contributed by atoms with Crippen molar-refractivity contribution < 1.29 is 9.18 Å². The number of hydrogen-bond donors (Lipinski definition) is 1. The van der Waals surface area contributed by atoms with Crippen LogP contribution in [0.3, 0.4) is 0 Å². The summed E-state index contributed by atoms with van der Waals surface area (Å²) in [4.78, 5) is 18.7. The number of benzene rings is 2. The van der Waals surface area contributed by atoms with Gasteiger partial charge in [-0.25, -0.2) is 9.37 Å². The standard InChI is InChI=1S/C23H27FN4O/c1-15(2)20(25)11-16(3)27(4)23(29)18-7-5-17(6-8-18)13-28-14-26-21-12-19(24)9-10-22(21)28/h5-10,12,14-16,25H,11,13H2,1-4H3/t16-/m1/s1. The van der Waals surface area contributed by atoms with Crippen LogP contribution in [0.4, 0.5) is 4.39 Å². The summed E-state index contributed by atoms with van der Waals surface area (Å²) < 4.78 is 15.3. The van der Waals surface area contributed by atoms with Gasteiger partial charge in [0.05, 0.1) is 17.4 Å². The van der Waals surface area contributed by atoms with E-state index in [-0.39, 0.29) is 23.7 Å². The minimum atomic E-state index is -0.299. The van der Waals surface area contributed by atoms with Gasteiger partial charge in [-0.3, -0.25) is 4.79 Å². The lowest BCUT2D eigenvalue weighted by atomic mass is 10.0. The minimum absolute atomic E-state index is 0.0326. The molecule has 152 valence electrons. The molecule has 3 rings (SSSR count). The van der Waals surface area contributed by atoms with E-state index in [1.165, 1.54) is 12.1 Å². The first kappa shape index (κ1) is 20.7. The number of nitrogens with one attached hydrogen (secondary N) is 1. The monoisotopic (exact) mass is 394 g/mol. The van der Waals surface area contributed by atoms with Crippen molar-refractivity contribution in [3.05, 3.63) is 65.7 Å². The van der Waals surface area contributed by atoms with E-state index >= 15 is 0 Å². The Balaban J connectivity index is 1.69. The molecule has 1 aromatic heterocycles. The molecule has 0 aliphatic rings. The van der Waals surface area contributed by atoms with Crippen LogP contribution in [0.2, 0.25) is 0 Å². The fourth-order valence-electron chi connectivity index (χ4n) is 3.21. The smallest absolute Gasteiger partial charge is 0.253 e. The maximum atomic E-state index is 13.3. The summed E-state index contributed by atoms with van der Waals surface area (Å²) in [7, 11) is 1.78. The van der Waals surface area contributed by atoms with Crippen LogP contribution < -0.4 is 0 Å². The van der Waals surface area contributed by atoms with Crippen LogP contribution in [0.15, 0.2) is 48.8 Å². The number of carbonyl (C=O) groups excluding carboxylic acids is 1. The van der Waals surface area contributed by atoms with Crippen LogP contribution in [0, 0.1) is 17.1 Å². The number of hydrogen-bond acceptors (Lipinski definition) is 3. The summed E-state index contributed by atoms with van der Waals surface area (Å²) in [5.74, 6) is -0.160. The zero-order valence-electron chi connectivity index (χ0n) is 17.3. The molecule has 0 saturated heterocycles. The van der Waals surface area contributed by atoms with Gasteiger partial charge in [-0.05, 0) is 42.7 Å². The Morgan fingerprint density at radius 3 is 2.52 bits per heavy atom. The quantitative estimate of drug-likeness (QED) is 0.588. The van der Waals surface area contributed by atoms with E-state index in [2.05, 4.69) is 4.98 Å². The van der Waals surface area contributed by atoms with Crippen LogP contribution in [-0.2, 0) is 6.54 Å². The Bertz CT molecular complexity index is 1020. The van der Waals surface area contributed by atoms with E-state index in [1.54, 1.807) is 24.3 Å². The van der Waals surface area contributed by atoms with Crippen molar-refractivity contribution in [2.75, 3.05) is 7.05 Å². The first-order chi connectivity index (χ1) is 13.8. The zero-order chi connectivity index (χ0) is 21.1. The second-order valence-electron chi connectivity index (χ2n) is 7.85. The molecule has 1 N–H and O–H groups in total. The molecule has 2 aromatic carbocycles. The molecule has 0 fully saturated rings. The zero-order valence-corrected chi connectivity index (χ0v) is 17.3. The third kappa shape index (κ3) is 4.70. The molecule has 0 bridgehead atoms. The fraction of sp³-hybridized carbons (Fsp3) is 0.348. The molecule has 1 amide bonds. The Morgan fingerprint density at radius 2 is 1.86 bits per heavy atom. The number of imidazole rings is 1. The molecule has 0 unspecified atom stereocenters. The summed E-state index contributed by atoms with van der Waals surface area (Å²) >= 11 is 0. The maximum absolute atomic E-state index is 13.3. The van der Waals surface area contributed by atoms with Crippen LogP contribution >= 0.6 is 0 Å². The largest absolute Gasteiger partial charge is 0.339 e. The number of nitrogens with zero attached hydrogens (tertiary/aromatic N) is 3. The minimum Gasteiger partial charge on any atom is -0.339 e. The molecule has 3 aromatic rings. The van der Waals surface area contributed by atoms with Gasteiger partial charge in [-0.2, -0.15) is 0 Å². The van der Waals surface area contributed by atoms with E-state index in [4.69, 9.17) is 5.41 Å². The average molecular weight is 394 g/mol. The van der Waals surface area contributed by atoms with Gasteiger partial charge in [-0.15, -0.1) is 0 Å². The van der Waals surface area contributed by atoms with Crippen molar-refractivity contribution in [2.24, 2.45) is 5.92 Å². The lowest BCUT2D eigenvalue weighted by molar-refractivity contribution is 0.0747. The topological polar surface area (TPSA) is 62.0 Å². The maximum Gasteiger partial charge on any atom is 0.253 e.